The Balaban J connectivity index is 2.80. The van der Waals surface area contributed by atoms with Crippen molar-refractivity contribution in [3.05, 3.63) is 29.3 Å². The van der Waals surface area contributed by atoms with E-state index in [2.05, 4.69) is 5.32 Å². The first-order chi connectivity index (χ1) is 9.31. The van der Waals surface area contributed by atoms with E-state index in [0.717, 1.165) is 0 Å². The predicted octanol–water partition coefficient (Wildman–Crippen LogP) is 0.149. The minimum atomic E-state index is -1.24. The number of nitrogens with one attached hydrogen (secondary N) is 1. The average molecular weight is 280 g/mol. The van der Waals surface area contributed by atoms with E-state index in [4.69, 9.17) is 10.8 Å². The van der Waals surface area contributed by atoms with Crippen LogP contribution in [0.15, 0.2) is 18.2 Å². The van der Waals surface area contributed by atoms with Gasteiger partial charge in [-0.1, -0.05) is 0 Å². The second-order valence-electron chi connectivity index (χ2n) is 4.37. The number of rotatable bonds is 6. The fourth-order valence-corrected chi connectivity index (χ4v) is 1.68. The third-order valence-corrected chi connectivity index (χ3v) is 2.74. The molecule has 20 heavy (non-hydrogen) atoms. The summed E-state index contributed by atoms with van der Waals surface area (Å²) in [7, 11) is 0. The Bertz CT molecular complexity index is 542. The summed E-state index contributed by atoms with van der Waals surface area (Å²) in [5.74, 6) is -2.44. The lowest BCUT2D eigenvalue weighted by atomic mass is 10.1. The largest absolute Gasteiger partial charge is 0.508 e. The summed E-state index contributed by atoms with van der Waals surface area (Å²) in [6.45, 7) is 1.62. The zero-order valence-electron chi connectivity index (χ0n) is 10.9. The molecule has 1 aromatic rings. The Labute approximate surface area is 115 Å². The van der Waals surface area contributed by atoms with Gasteiger partial charge in [-0.15, -0.1) is 0 Å². The Hall–Kier alpha value is -2.57. The number of carbonyl (C=O) groups is 3. The molecule has 0 saturated heterocycles. The van der Waals surface area contributed by atoms with Gasteiger partial charge in [-0.05, 0) is 37.1 Å². The number of benzene rings is 1. The van der Waals surface area contributed by atoms with Crippen molar-refractivity contribution in [2.24, 2.45) is 5.73 Å². The second kappa shape index (κ2) is 6.55. The van der Waals surface area contributed by atoms with Crippen molar-refractivity contribution in [3.8, 4) is 5.75 Å². The van der Waals surface area contributed by atoms with E-state index in [1.165, 1.54) is 18.2 Å². The SMILES string of the molecule is Cc1cc(O)ccc1C(=O)N[C@@H](CCC(N)=O)C(=O)O. The third kappa shape index (κ3) is 4.27. The summed E-state index contributed by atoms with van der Waals surface area (Å²) >= 11 is 0. The quantitative estimate of drug-likeness (QED) is 0.589. The fraction of sp³-hybridized carbons (Fsp3) is 0.308. The van der Waals surface area contributed by atoms with Crippen LogP contribution in [0.1, 0.15) is 28.8 Å². The molecule has 0 bridgehead atoms. The highest BCUT2D eigenvalue weighted by Crippen LogP contribution is 2.15. The number of amides is 2. The first kappa shape index (κ1) is 15.5. The van der Waals surface area contributed by atoms with Gasteiger partial charge in [0.1, 0.15) is 11.8 Å². The zero-order chi connectivity index (χ0) is 15.3. The van der Waals surface area contributed by atoms with Gasteiger partial charge in [-0.2, -0.15) is 0 Å². The number of hydrogen-bond donors (Lipinski definition) is 4. The van der Waals surface area contributed by atoms with Gasteiger partial charge in [0.05, 0.1) is 0 Å². The van der Waals surface area contributed by atoms with E-state index in [-0.39, 0.29) is 24.2 Å². The molecule has 0 unspecified atom stereocenters. The van der Waals surface area contributed by atoms with Crippen molar-refractivity contribution in [1.82, 2.24) is 5.32 Å². The monoisotopic (exact) mass is 280 g/mol. The van der Waals surface area contributed by atoms with Gasteiger partial charge in [-0.25, -0.2) is 4.79 Å². The van der Waals surface area contributed by atoms with Crippen LogP contribution in [0.25, 0.3) is 0 Å². The highest BCUT2D eigenvalue weighted by Gasteiger charge is 2.21. The molecule has 0 radical (unpaired) electrons. The lowest BCUT2D eigenvalue weighted by Crippen LogP contribution is -2.41. The second-order valence-corrected chi connectivity index (χ2v) is 4.37. The Kier molecular flexibility index (Phi) is 5.08. The number of aromatic hydroxyl groups is 1. The van der Waals surface area contributed by atoms with Crippen LogP contribution in [-0.2, 0) is 9.59 Å². The van der Waals surface area contributed by atoms with Gasteiger partial charge in [0, 0.05) is 12.0 Å². The zero-order valence-corrected chi connectivity index (χ0v) is 10.9. The maximum absolute atomic E-state index is 12.0. The first-order valence-corrected chi connectivity index (χ1v) is 5.93. The van der Waals surface area contributed by atoms with E-state index in [9.17, 15) is 19.5 Å². The molecule has 0 spiro atoms. The normalized spacial score (nSPS) is 11.7. The summed E-state index contributed by atoms with van der Waals surface area (Å²) < 4.78 is 0. The molecular weight excluding hydrogens is 264 g/mol. The molecule has 0 fully saturated rings. The van der Waals surface area contributed by atoms with Gasteiger partial charge in [0.25, 0.3) is 5.91 Å². The van der Waals surface area contributed by atoms with Crippen LogP contribution in [0.2, 0.25) is 0 Å². The summed E-state index contributed by atoms with van der Waals surface area (Å²) in [5.41, 5.74) is 5.72. The molecule has 7 nitrogen and oxygen atoms in total. The number of carboxylic acid groups (broad SMARTS) is 1. The van der Waals surface area contributed by atoms with Crippen LogP contribution >= 0.6 is 0 Å². The number of phenolic OH excluding ortho intramolecular Hbond substituents is 1. The van der Waals surface area contributed by atoms with Crippen LogP contribution in [-0.4, -0.2) is 34.0 Å². The Morgan fingerprint density at radius 1 is 1.35 bits per heavy atom. The molecule has 2 amide bonds. The molecule has 7 heteroatoms. The van der Waals surface area contributed by atoms with Crippen molar-refractivity contribution in [2.75, 3.05) is 0 Å². The van der Waals surface area contributed by atoms with E-state index >= 15 is 0 Å². The van der Waals surface area contributed by atoms with Crippen LogP contribution in [0.3, 0.4) is 0 Å². The molecule has 0 aliphatic carbocycles. The molecule has 0 saturated carbocycles. The molecule has 0 aromatic heterocycles. The molecule has 5 N–H and O–H groups in total. The number of hydrogen-bond acceptors (Lipinski definition) is 4. The minimum absolute atomic E-state index is 0.0163. The minimum Gasteiger partial charge on any atom is -0.508 e. The molecule has 0 aliphatic heterocycles. The molecule has 1 aromatic carbocycles. The number of carboxylic acids is 1. The smallest absolute Gasteiger partial charge is 0.326 e. The number of aryl methyl sites for hydroxylation is 1. The summed E-state index contributed by atoms with van der Waals surface area (Å²) in [6, 6.07) is 2.94. The molecule has 108 valence electrons. The van der Waals surface area contributed by atoms with Crippen LogP contribution < -0.4 is 11.1 Å². The van der Waals surface area contributed by atoms with E-state index < -0.39 is 23.8 Å². The van der Waals surface area contributed by atoms with Crippen molar-refractivity contribution >= 4 is 17.8 Å². The fourth-order valence-electron chi connectivity index (χ4n) is 1.68. The van der Waals surface area contributed by atoms with E-state index in [1.807, 2.05) is 0 Å². The Morgan fingerprint density at radius 2 is 2.00 bits per heavy atom. The first-order valence-electron chi connectivity index (χ1n) is 5.93. The molecular formula is C13H16N2O5. The maximum Gasteiger partial charge on any atom is 0.326 e. The number of aliphatic carboxylic acids is 1. The van der Waals surface area contributed by atoms with Gasteiger partial charge in [0.2, 0.25) is 5.91 Å². The molecule has 0 aliphatic rings. The highest BCUT2D eigenvalue weighted by atomic mass is 16.4. The van der Waals surface area contributed by atoms with E-state index in [1.54, 1.807) is 6.92 Å². The molecule has 1 rings (SSSR count). The molecule has 0 heterocycles. The van der Waals surface area contributed by atoms with Crippen LogP contribution in [0.4, 0.5) is 0 Å². The standard InChI is InChI=1S/C13H16N2O5/c1-7-6-8(16)2-3-9(7)12(18)15-10(13(19)20)4-5-11(14)17/h2-3,6,10,16H,4-5H2,1H3,(H2,14,17)(H,15,18)(H,19,20)/t10-/m0/s1. The van der Waals surface area contributed by atoms with Gasteiger partial charge in [0.15, 0.2) is 0 Å². The van der Waals surface area contributed by atoms with Gasteiger partial charge < -0.3 is 21.3 Å². The lowest BCUT2D eigenvalue weighted by molar-refractivity contribution is -0.139. The summed E-state index contributed by atoms with van der Waals surface area (Å²) in [5, 5.41) is 20.6. The lowest BCUT2D eigenvalue weighted by Gasteiger charge is -2.14. The number of nitrogens with two attached hydrogens (primary N) is 1. The van der Waals surface area contributed by atoms with Crippen LogP contribution in [0, 0.1) is 6.92 Å². The van der Waals surface area contributed by atoms with Crippen molar-refractivity contribution in [1.29, 1.82) is 0 Å². The topological polar surface area (TPSA) is 130 Å². The number of primary amides is 1. The number of phenols is 1. The van der Waals surface area contributed by atoms with Crippen molar-refractivity contribution in [2.45, 2.75) is 25.8 Å². The van der Waals surface area contributed by atoms with Crippen molar-refractivity contribution < 1.29 is 24.6 Å². The third-order valence-electron chi connectivity index (χ3n) is 2.74. The maximum atomic E-state index is 12.0. The van der Waals surface area contributed by atoms with E-state index in [0.29, 0.717) is 5.56 Å². The van der Waals surface area contributed by atoms with Crippen molar-refractivity contribution in [3.63, 3.8) is 0 Å². The molecule has 1 atom stereocenters. The summed E-state index contributed by atoms with van der Waals surface area (Å²) in [4.78, 5) is 33.6. The summed E-state index contributed by atoms with van der Waals surface area (Å²) in [6.07, 6.45) is -0.209. The Morgan fingerprint density at radius 3 is 2.50 bits per heavy atom. The number of carbonyl (C=O) groups excluding carboxylic acids is 2. The highest BCUT2D eigenvalue weighted by molar-refractivity contribution is 5.98. The van der Waals surface area contributed by atoms with Crippen LogP contribution in [0.5, 0.6) is 5.75 Å². The predicted molar refractivity (Wildman–Crippen MR) is 70.2 cm³/mol. The van der Waals surface area contributed by atoms with Gasteiger partial charge >= 0.3 is 5.97 Å². The average Bonchev–Trinajstić information content (AvgIpc) is 2.33. The van der Waals surface area contributed by atoms with Gasteiger partial charge in [-0.3, -0.25) is 9.59 Å².